The van der Waals surface area contributed by atoms with E-state index >= 15 is 0 Å². The molecule has 1 amide bonds. The van der Waals surface area contributed by atoms with Gasteiger partial charge in [-0.3, -0.25) is 4.79 Å². The summed E-state index contributed by atoms with van der Waals surface area (Å²) in [6, 6.07) is 30.0. The van der Waals surface area contributed by atoms with Gasteiger partial charge in [0.05, 0.1) is 0 Å². The molecule has 2 saturated heterocycles. The van der Waals surface area contributed by atoms with Crippen molar-refractivity contribution in [3.05, 3.63) is 114 Å². The number of carbonyl (C=O) groups excluding carboxylic acids is 1. The maximum Gasteiger partial charge on any atom is 0.260 e. The summed E-state index contributed by atoms with van der Waals surface area (Å²) in [6.07, 6.45) is 3.81. The first-order valence-electron chi connectivity index (χ1n) is 12.4. The molecule has 0 N–H and O–H groups in total. The summed E-state index contributed by atoms with van der Waals surface area (Å²) in [5.74, 6) is -0.499. The van der Waals surface area contributed by atoms with Crippen molar-refractivity contribution in [2.75, 3.05) is 13.1 Å². The minimum absolute atomic E-state index is 0.0380. The van der Waals surface area contributed by atoms with Crippen LogP contribution in [0.1, 0.15) is 42.9 Å². The van der Waals surface area contributed by atoms with Gasteiger partial charge in [-0.15, -0.1) is 0 Å². The van der Waals surface area contributed by atoms with E-state index in [0.717, 1.165) is 23.1 Å². The zero-order valence-corrected chi connectivity index (χ0v) is 19.9. The standard InChI is InChI=1S/C30H29NO4/c1-2-19-31-20-18-30-28(27(31)32,21-26(33-30)23-12-6-3-7-13-23)22-29(34-35-30,24-14-8-4-9-15-24)25-16-10-5-11-17-25/h3-17,21H,2,18-20,22H2,1H3. The van der Waals surface area contributed by atoms with Crippen LogP contribution in [-0.4, -0.2) is 29.7 Å². The molecular weight excluding hydrogens is 438 g/mol. The van der Waals surface area contributed by atoms with Crippen LogP contribution in [0.3, 0.4) is 0 Å². The molecule has 3 aliphatic heterocycles. The molecule has 178 valence electrons. The summed E-state index contributed by atoms with van der Waals surface area (Å²) in [7, 11) is 0. The van der Waals surface area contributed by atoms with E-state index in [0.29, 0.717) is 31.7 Å². The van der Waals surface area contributed by atoms with Crippen molar-refractivity contribution in [2.45, 2.75) is 37.6 Å². The molecule has 3 heterocycles. The Bertz CT molecular complexity index is 1200. The highest BCUT2D eigenvalue weighted by atomic mass is 17.2. The third-order valence-corrected chi connectivity index (χ3v) is 7.59. The molecule has 3 aromatic rings. The van der Waals surface area contributed by atoms with Gasteiger partial charge in [0.25, 0.3) is 5.79 Å². The number of likely N-dealkylation sites (tertiary alicyclic amines) is 1. The Balaban J connectivity index is 1.56. The number of rotatable bonds is 5. The second-order valence-corrected chi connectivity index (χ2v) is 9.65. The summed E-state index contributed by atoms with van der Waals surface area (Å²) < 4.78 is 6.56. The Morgan fingerprint density at radius 3 is 2.03 bits per heavy atom. The third-order valence-electron chi connectivity index (χ3n) is 7.59. The lowest BCUT2D eigenvalue weighted by Crippen LogP contribution is -2.67. The quantitative estimate of drug-likeness (QED) is 0.453. The van der Waals surface area contributed by atoms with Crippen LogP contribution in [0.4, 0.5) is 0 Å². The van der Waals surface area contributed by atoms with E-state index in [1.54, 1.807) is 0 Å². The topological polar surface area (TPSA) is 48.0 Å². The zero-order chi connectivity index (χ0) is 23.9. The molecule has 0 saturated carbocycles. The van der Waals surface area contributed by atoms with Gasteiger partial charge in [-0.05, 0) is 23.6 Å². The lowest BCUT2D eigenvalue weighted by molar-refractivity contribution is -0.501. The molecular formula is C30H29NO4. The van der Waals surface area contributed by atoms with Crippen LogP contribution in [0.5, 0.6) is 0 Å². The number of ether oxygens (including phenoxy) is 1. The average Bonchev–Trinajstić information content (AvgIpc) is 3.28. The second-order valence-electron chi connectivity index (χ2n) is 9.65. The summed E-state index contributed by atoms with van der Waals surface area (Å²) in [6.45, 7) is 3.37. The molecule has 2 atom stereocenters. The summed E-state index contributed by atoms with van der Waals surface area (Å²) in [4.78, 5) is 29.0. The van der Waals surface area contributed by atoms with Crippen LogP contribution >= 0.6 is 0 Å². The van der Waals surface area contributed by atoms with Crippen LogP contribution in [0.25, 0.3) is 5.76 Å². The normalized spacial score (nSPS) is 26.9. The lowest BCUT2D eigenvalue weighted by atomic mass is 9.64. The molecule has 0 radical (unpaired) electrons. The van der Waals surface area contributed by atoms with Gasteiger partial charge in [-0.1, -0.05) is 97.9 Å². The van der Waals surface area contributed by atoms with Gasteiger partial charge in [0.15, 0.2) is 5.60 Å². The minimum atomic E-state index is -1.20. The Kier molecular flexibility index (Phi) is 5.28. The van der Waals surface area contributed by atoms with E-state index in [4.69, 9.17) is 14.5 Å². The molecule has 0 aromatic heterocycles. The van der Waals surface area contributed by atoms with Crippen molar-refractivity contribution in [2.24, 2.45) is 5.41 Å². The van der Waals surface area contributed by atoms with Crippen LogP contribution in [0, 0.1) is 5.41 Å². The van der Waals surface area contributed by atoms with Crippen LogP contribution in [0.2, 0.25) is 0 Å². The van der Waals surface area contributed by atoms with Crippen molar-refractivity contribution >= 4 is 11.7 Å². The fourth-order valence-corrected chi connectivity index (χ4v) is 5.86. The molecule has 5 nitrogen and oxygen atoms in total. The Morgan fingerprint density at radius 1 is 0.829 bits per heavy atom. The average molecular weight is 468 g/mol. The Hall–Kier alpha value is -3.41. The van der Waals surface area contributed by atoms with Crippen molar-refractivity contribution in [3.8, 4) is 0 Å². The van der Waals surface area contributed by atoms with Gasteiger partial charge in [0.1, 0.15) is 11.2 Å². The summed E-state index contributed by atoms with van der Waals surface area (Å²) in [5.41, 5.74) is 0.802. The zero-order valence-electron chi connectivity index (χ0n) is 19.9. The molecule has 35 heavy (non-hydrogen) atoms. The predicted molar refractivity (Wildman–Crippen MR) is 133 cm³/mol. The molecule has 3 aliphatic rings. The molecule has 3 aromatic carbocycles. The molecule has 2 unspecified atom stereocenters. The Morgan fingerprint density at radius 2 is 1.43 bits per heavy atom. The third kappa shape index (κ3) is 3.26. The highest BCUT2D eigenvalue weighted by molar-refractivity contribution is 5.90. The molecule has 6 rings (SSSR count). The van der Waals surface area contributed by atoms with Gasteiger partial charge in [-0.25, -0.2) is 4.89 Å². The number of hydrogen-bond donors (Lipinski definition) is 0. The molecule has 0 spiro atoms. The van der Waals surface area contributed by atoms with Gasteiger partial charge >= 0.3 is 0 Å². The highest BCUT2D eigenvalue weighted by Gasteiger charge is 2.72. The smallest absolute Gasteiger partial charge is 0.260 e. The lowest BCUT2D eigenvalue weighted by Gasteiger charge is -2.55. The fourth-order valence-electron chi connectivity index (χ4n) is 5.86. The SMILES string of the molecule is CCCN1CCC23OOC(c4ccccc4)(c4ccccc4)CC2(C=C(c2ccccc2)O3)C1=O. The number of carbonyl (C=O) groups is 1. The van der Waals surface area contributed by atoms with E-state index in [2.05, 4.69) is 6.92 Å². The fraction of sp³-hybridized carbons (Fsp3) is 0.300. The first kappa shape index (κ1) is 22.1. The van der Waals surface area contributed by atoms with Crippen molar-refractivity contribution in [3.63, 3.8) is 0 Å². The van der Waals surface area contributed by atoms with Crippen LogP contribution < -0.4 is 0 Å². The van der Waals surface area contributed by atoms with Gasteiger partial charge < -0.3 is 9.64 Å². The number of benzene rings is 3. The maximum atomic E-state index is 14.3. The molecule has 2 fully saturated rings. The van der Waals surface area contributed by atoms with E-state index in [1.807, 2.05) is 102 Å². The molecule has 0 bridgehead atoms. The largest absolute Gasteiger partial charge is 0.458 e. The summed E-state index contributed by atoms with van der Waals surface area (Å²) in [5, 5.41) is 0. The van der Waals surface area contributed by atoms with Gasteiger partial charge in [0.2, 0.25) is 5.91 Å². The van der Waals surface area contributed by atoms with Gasteiger partial charge in [-0.2, -0.15) is 4.89 Å². The van der Waals surface area contributed by atoms with Crippen molar-refractivity contribution < 1.29 is 19.3 Å². The van der Waals surface area contributed by atoms with E-state index in [9.17, 15) is 4.79 Å². The van der Waals surface area contributed by atoms with E-state index in [1.165, 1.54) is 0 Å². The number of hydrogen-bond acceptors (Lipinski definition) is 4. The predicted octanol–water partition coefficient (Wildman–Crippen LogP) is 5.68. The number of amides is 1. The molecule has 5 heteroatoms. The van der Waals surface area contributed by atoms with Crippen LogP contribution in [-0.2, 0) is 24.9 Å². The Labute approximate surface area is 205 Å². The maximum absolute atomic E-state index is 14.3. The van der Waals surface area contributed by atoms with Crippen molar-refractivity contribution in [1.29, 1.82) is 0 Å². The van der Waals surface area contributed by atoms with E-state index < -0.39 is 16.8 Å². The van der Waals surface area contributed by atoms with E-state index in [-0.39, 0.29) is 5.91 Å². The van der Waals surface area contributed by atoms with Crippen LogP contribution in [0.15, 0.2) is 97.1 Å². The van der Waals surface area contributed by atoms with Crippen molar-refractivity contribution in [1.82, 2.24) is 4.90 Å². The summed E-state index contributed by atoms with van der Waals surface area (Å²) >= 11 is 0. The second kappa shape index (κ2) is 8.36. The monoisotopic (exact) mass is 467 g/mol. The number of piperidine rings is 1. The first-order valence-corrected chi connectivity index (χ1v) is 12.4. The number of nitrogens with zero attached hydrogens (tertiary/aromatic N) is 1. The minimum Gasteiger partial charge on any atom is -0.458 e. The first-order chi connectivity index (χ1) is 17.1. The molecule has 0 aliphatic carbocycles. The van der Waals surface area contributed by atoms with Gasteiger partial charge in [0, 0.05) is 31.5 Å². The highest BCUT2D eigenvalue weighted by Crippen LogP contribution is 2.63.